The molecule has 0 unspecified atom stereocenters. The van der Waals surface area contributed by atoms with E-state index in [2.05, 4.69) is 57.3 Å². The molecule has 0 aliphatic heterocycles. The molecule has 2 rings (SSSR count). The Kier molecular flexibility index (Phi) is 5.41. The van der Waals surface area contributed by atoms with Crippen LogP contribution in [0.15, 0.2) is 24.3 Å². The second-order valence-electron chi connectivity index (χ2n) is 6.00. The van der Waals surface area contributed by atoms with Crippen molar-refractivity contribution in [2.24, 2.45) is 0 Å². The molecule has 2 nitrogen and oxygen atoms in total. The van der Waals surface area contributed by atoms with Crippen molar-refractivity contribution in [3.05, 3.63) is 56.3 Å². The summed E-state index contributed by atoms with van der Waals surface area (Å²) in [6.07, 6.45) is 2.15. The van der Waals surface area contributed by atoms with Crippen LogP contribution in [0.4, 0.5) is 0 Å². The summed E-state index contributed by atoms with van der Waals surface area (Å²) in [6, 6.07) is 8.44. The molecule has 1 heterocycles. The Morgan fingerprint density at radius 3 is 2.64 bits per heavy atom. The summed E-state index contributed by atoms with van der Waals surface area (Å²) in [5.74, 6) is 0.0314. The zero-order valence-electron chi connectivity index (χ0n) is 14.1. The van der Waals surface area contributed by atoms with Crippen molar-refractivity contribution in [3.8, 4) is 0 Å². The third kappa shape index (κ3) is 3.77. The first-order chi connectivity index (χ1) is 10.4. The van der Waals surface area contributed by atoms with Crippen LogP contribution in [-0.4, -0.2) is 5.91 Å². The number of hydrogen-bond donors (Lipinski definition) is 1. The van der Waals surface area contributed by atoms with Gasteiger partial charge in [-0.05, 0) is 56.9 Å². The number of carbonyl (C=O) groups excluding carboxylic acids is 1. The van der Waals surface area contributed by atoms with Crippen LogP contribution < -0.4 is 5.32 Å². The molecule has 1 atom stereocenters. The average Bonchev–Trinajstić information content (AvgIpc) is 2.83. The molecule has 0 spiro atoms. The van der Waals surface area contributed by atoms with Crippen LogP contribution in [0.2, 0.25) is 0 Å². The molecule has 3 heteroatoms. The van der Waals surface area contributed by atoms with Gasteiger partial charge in [0.15, 0.2) is 0 Å². The van der Waals surface area contributed by atoms with Crippen LogP contribution >= 0.6 is 11.3 Å². The maximum absolute atomic E-state index is 12.5. The van der Waals surface area contributed by atoms with Gasteiger partial charge in [-0.25, -0.2) is 0 Å². The van der Waals surface area contributed by atoms with Crippen molar-refractivity contribution >= 4 is 17.2 Å². The van der Waals surface area contributed by atoms with E-state index >= 15 is 0 Å². The second kappa shape index (κ2) is 7.10. The molecule has 2 aromatic rings. The predicted octanol–water partition coefficient (Wildman–Crippen LogP) is 5.12. The van der Waals surface area contributed by atoms with Gasteiger partial charge in [-0.2, -0.15) is 0 Å². The third-order valence-corrected chi connectivity index (χ3v) is 5.10. The molecule has 1 aromatic heterocycles. The molecule has 0 radical (unpaired) electrons. The van der Waals surface area contributed by atoms with Crippen LogP contribution in [0.1, 0.15) is 63.1 Å². The summed E-state index contributed by atoms with van der Waals surface area (Å²) in [7, 11) is 0. The van der Waals surface area contributed by atoms with Gasteiger partial charge < -0.3 is 5.32 Å². The first kappa shape index (κ1) is 16.8. The first-order valence-corrected chi connectivity index (χ1v) is 8.71. The summed E-state index contributed by atoms with van der Waals surface area (Å²) in [5, 5.41) is 3.13. The van der Waals surface area contributed by atoms with Gasteiger partial charge in [-0.15, -0.1) is 11.3 Å². The van der Waals surface area contributed by atoms with Gasteiger partial charge in [0.05, 0.1) is 10.9 Å². The molecule has 1 N–H and O–H groups in total. The smallest absolute Gasteiger partial charge is 0.261 e. The summed E-state index contributed by atoms with van der Waals surface area (Å²) in [6.45, 7) is 10.5. The van der Waals surface area contributed by atoms with Gasteiger partial charge in [-0.1, -0.05) is 37.1 Å². The zero-order valence-corrected chi connectivity index (χ0v) is 14.9. The predicted molar refractivity (Wildman–Crippen MR) is 94.8 cm³/mol. The molecule has 1 aromatic carbocycles. The maximum atomic E-state index is 12.5. The fraction of sp³-hybridized carbons (Fsp3) is 0.421. The average molecular weight is 315 g/mol. The Balaban J connectivity index is 2.14. The normalized spacial score (nSPS) is 12.2. The quantitative estimate of drug-likeness (QED) is 0.815. The van der Waals surface area contributed by atoms with E-state index in [1.54, 1.807) is 11.3 Å². The van der Waals surface area contributed by atoms with Crippen molar-refractivity contribution in [3.63, 3.8) is 0 Å². The minimum atomic E-state index is 0.0180. The number of benzene rings is 1. The SMILES string of the molecule is CCCc1cc(C(=O)N[C@@H](C)c2cc(C)ccc2C)sc1C. The Morgan fingerprint density at radius 2 is 1.95 bits per heavy atom. The van der Waals surface area contributed by atoms with E-state index in [-0.39, 0.29) is 11.9 Å². The lowest BCUT2D eigenvalue weighted by Crippen LogP contribution is -2.26. The van der Waals surface area contributed by atoms with E-state index in [0.717, 1.165) is 17.7 Å². The standard InChI is InChI=1S/C19H25NOS/c1-6-7-16-11-18(22-15(16)5)19(21)20-14(4)17-10-12(2)8-9-13(17)3/h8-11,14H,6-7H2,1-5H3,(H,20,21)/t14-/m0/s1. The lowest BCUT2D eigenvalue weighted by Gasteiger charge is -2.17. The molecule has 118 valence electrons. The van der Waals surface area contributed by atoms with Gasteiger partial charge in [0.2, 0.25) is 0 Å². The van der Waals surface area contributed by atoms with Crippen LogP contribution in [-0.2, 0) is 6.42 Å². The van der Waals surface area contributed by atoms with Crippen molar-refractivity contribution in [2.75, 3.05) is 0 Å². The fourth-order valence-electron chi connectivity index (χ4n) is 2.72. The van der Waals surface area contributed by atoms with Crippen LogP contribution in [0.5, 0.6) is 0 Å². The maximum Gasteiger partial charge on any atom is 0.261 e. The number of amides is 1. The highest BCUT2D eigenvalue weighted by molar-refractivity contribution is 7.14. The number of nitrogens with one attached hydrogen (secondary N) is 1. The number of aryl methyl sites for hydroxylation is 4. The minimum Gasteiger partial charge on any atom is -0.345 e. The van der Waals surface area contributed by atoms with Gasteiger partial charge >= 0.3 is 0 Å². The molecule has 0 aliphatic rings. The number of thiophene rings is 1. The molecule has 0 fully saturated rings. The number of rotatable bonds is 5. The highest BCUT2D eigenvalue weighted by Crippen LogP contribution is 2.24. The number of hydrogen-bond acceptors (Lipinski definition) is 2. The fourth-order valence-corrected chi connectivity index (χ4v) is 3.70. The van der Waals surface area contributed by atoms with Gasteiger partial charge in [0.1, 0.15) is 0 Å². The van der Waals surface area contributed by atoms with Crippen molar-refractivity contribution < 1.29 is 4.79 Å². The van der Waals surface area contributed by atoms with Crippen LogP contribution in [0, 0.1) is 20.8 Å². The van der Waals surface area contributed by atoms with E-state index in [1.807, 2.05) is 6.92 Å². The molecular formula is C19H25NOS. The van der Waals surface area contributed by atoms with E-state index < -0.39 is 0 Å². The van der Waals surface area contributed by atoms with Crippen molar-refractivity contribution in [1.29, 1.82) is 0 Å². The van der Waals surface area contributed by atoms with Crippen LogP contribution in [0.25, 0.3) is 0 Å². The monoisotopic (exact) mass is 315 g/mol. The lowest BCUT2D eigenvalue weighted by atomic mass is 10.00. The van der Waals surface area contributed by atoms with Crippen LogP contribution in [0.3, 0.4) is 0 Å². The van der Waals surface area contributed by atoms with Gasteiger partial charge in [0, 0.05) is 4.88 Å². The lowest BCUT2D eigenvalue weighted by molar-refractivity contribution is 0.0944. The summed E-state index contributed by atoms with van der Waals surface area (Å²) in [4.78, 5) is 14.6. The topological polar surface area (TPSA) is 29.1 Å². The molecule has 0 saturated heterocycles. The molecule has 1 amide bonds. The first-order valence-electron chi connectivity index (χ1n) is 7.89. The Hall–Kier alpha value is -1.61. The molecule has 0 saturated carbocycles. The third-order valence-electron chi connectivity index (χ3n) is 4.01. The van der Waals surface area contributed by atoms with Crippen molar-refractivity contribution in [2.45, 2.75) is 53.5 Å². The second-order valence-corrected chi connectivity index (χ2v) is 7.25. The van der Waals surface area contributed by atoms with Gasteiger partial charge in [0.25, 0.3) is 5.91 Å². The molecule has 0 aliphatic carbocycles. The van der Waals surface area contributed by atoms with E-state index in [1.165, 1.54) is 27.1 Å². The Bertz CT molecular complexity index is 672. The molecular weight excluding hydrogens is 290 g/mol. The minimum absolute atomic E-state index is 0.0180. The van der Waals surface area contributed by atoms with E-state index in [9.17, 15) is 4.79 Å². The number of carbonyl (C=O) groups is 1. The Labute approximate surface area is 137 Å². The van der Waals surface area contributed by atoms with Crippen molar-refractivity contribution in [1.82, 2.24) is 5.32 Å². The Morgan fingerprint density at radius 1 is 1.23 bits per heavy atom. The summed E-state index contributed by atoms with van der Waals surface area (Å²) < 4.78 is 0. The molecule has 0 bridgehead atoms. The van der Waals surface area contributed by atoms with E-state index in [4.69, 9.17) is 0 Å². The van der Waals surface area contributed by atoms with E-state index in [0.29, 0.717) is 0 Å². The highest BCUT2D eigenvalue weighted by Gasteiger charge is 2.16. The molecule has 22 heavy (non-hydrogen) atoms. The zero-order chi connectivity index (χ0) is 16.3. The highest BCUT2D eigenvalue weighted by atomic mass is 32.1. The van der Waals surface area contributed by atoms with Gasteiger partial charge in [-0.3, -0.25) is 4.79 Å². The largest absolute Gasteiger partial charge is 0.345 e. The summed E-state index contributed by atoms with van der Waals surface area (Å²) in [5.41, 5.74) is 4.93. The summed E-state index contributed by atoms with van der Waals surface area (Å²) >= 11 is 1.59.